The van der Waals surface area contributed by atoms with Crippen molar-refractivity contribution < 1.29 is 9.47 Å². The summed E-state index contributed by atoms with van der Waals surface area (Å²) in [6.07, 6.45) is 1.23. The highest BCUT2D eigenvalue weighted by atomic mass is 16.5. The van der Waals surface area contributed by atoms with Crippen LogP contribution in [0.1, 0.15) is 39.9 Å². The van der Waals surface area contributed by atoms with E-state index in [0.717, 1.165) is 25.4 Å². The minimum atomic E-state index is 0.285. The number of hydrogen-bond donors (Lipinski definition) is 1. The molecule has 5 nitrogen and oxygen atoms in total. The summed E-state index contributed by atoms with van der Waals surface area (Å²) in [5, 5.41) is 3.28. The molecule has 114 valence electrons. The highest BCUT2D eigenvalue weighted by Crippen LogP contribution is 2.14. The SMILES string of the molecule is Cc1nc(NCCCOC(C)C)cc(OCC(C)C)n1. The zero-order chi connectivity index (χ0) is 15.0. The van der Waals surface area contributed by atoms with Gasteiger partial charge in [-0.25, -0.2) is 4.98 Å². The minimum absolute atomic E-state index is 0.285. The van der Waals surface area contributed by atoms with Crippen LogP contribution in [0.2, 0.25) is 0 Å². The molecule has 0 amide bonds. The first-order chi connectivity index (χ1) is 9.47. The number of ether oxygens (including phenoxy) is 2. The van der Waals surface area contributed by atoms with E-state index in [1.165, 1.54) is 0 Å². The fourth-order valence-corrected chi connectivity index (χ4v) is 1.56. The molecule has 0 aliphatic heterocycles. The summed E-state index contributed by atoms with van der Waals surface area (Å²) in [5.41, 5.74) is 0. The van der Waals surface area contributed by atoms with Gasteiger partial charge in [-0.2, -0.15) is 4.98 Å². The number of nitrogens with zero attached hydrogens (tertiary/aromatic N) is 2. The second kappa shape index (κ2) is 8.74. The zero-order valence-corrected chi connectivity index (χ0v) is 13.3. The number of nitrogens with one attached hydrogen (secondary N) is 1. The van der Waals surface area contributed by atoms with Crippen LogP contribution in [0.4, 0.5) is 5.82 Å². The Kier molecular flexibility index (Phi) is 7.30. The summed E-state index contributed by atoms with van der Waals surface area (Å²) in [5.74, 6) is 2.63. The Labute approximate surface area is 122 Å². The molecular formula is C15H27N3O2. The quantitative estimate of drug-likeness (QED) is 0.705. The molecule has 1 aromatic heterocycles. The van der Waals surface area contributed by atoms with Crippen molar-refractivity contribution in [2.75, 3.05) is 25.1 Å². The van der Waals surface area contributed by atoms with Gasteiger partial charge in [0, 0.05) is 19.2 Å². The van der Waals surface area contributed by atoms with Crippen molar-refractivity contribution in [3.8, 4) is 5.88 Å². The molecule has 0 aliphatic rings. The smallest absolute Gasteiger partial charge is 0.218 e. The van der Waals surface area contributed by atoms with Crippen LogP contribution in [0.25, 0.3) is 0 Å². The van der Waals surface area contributed by atoms with E-state index >= 15 is 0 Å². The van der Waals surface area contributed by atoms with Crippen molar-refractivity contribution >= 4 is 5.82 Å². The maximum absolute atomic E-state index is 5.63. The topological polar surface area (TPSA) is 56.3 Å². The van der Waals surface area contributed by atoms with E-state index in [2.05, 4.69) is 29.1 Å². The maximum atomic E-state index is 5.63. The van der Waals surface area contributed by atoms with E-state index < -0.39 is 0 Å². The van der Waals surface area contributed by atoms with Crippen molar-refractivity contribution in [2.24, 2.45) is 5.92 Å². The molecule has 5 heteroatoms. The van der Waals surface area contributed by atoms with E-state index in [0.29, 0.717) is 24.2 Å². The van der Waals surface area contributed by atoms with Crippen LogP contribution in [0.5, 0.6) is 5.88 Å². The molecule has 0 aliphatic carbocycles. The van der Waals surface area contributed by atoms with Gasteiger partial charge in [0.1, 0.15) is 11.6 Å². The molecule has 0 saturated heterocycles. The van der Waals surface area contributed by atoms with Crippen molar-refractivity contribution in [2.45, 2.75) is 47.1 Å². The molecule has 0 fully saturated rings. The van der Waals surface area contributed by atoms with Gasteiger partial charge in [0.15, 0.2) is 0 Å². The molecule has 1 aromatic rings. The van der Waals surface area contributed by atoms with E-state index in [1.54, 1.807) is 0 Å². The van der Waals surface area contributed by atoms with Crippen LogP contribution in [-0.4, -0.2) is 35.8 Å². The van der Waals surface area contributed by atoms with Gasteiger partial charge >= 0.3 is 0 Å². The average molecular weight is 281 g/mol. The van der Waals surface area contributed by atoms with Crippen LogP contribution >= 0.6 is 0 Å². The van der Waals surface area contributed by atoms with Crippen molar-refractivity contribution in [3.05, 3.63) is 11.9 Å². The lowest BCUT2D eigenvalue weighted by atomic mass is 10.2. The highest BCUT2D eigenvalue weighted by Gasteiger charge is 2.04. The summed E-state index contributed by atoms with van der Waals surface area (Å²) in [6, 6.07) is 1.85. The first-order valence-corrected chi connectivity index (χ1v) is 7.31. The molecule has 0 unspecified atom stereocenters. The van der Waals surface area contributed by atoms with Crippen molar-refractivity contribution in [1.29, 1.82) is 0 Å². The second-order valence-electron chi connectivity index (χ2n) is 5.54. The lowest BCUT2D eigenvalue weighted by molar-refractivity contribution is 0.0787. The molecule has 1 N–H and O–H groups in total. The molecular weight excluding hydrogens is 254 g/mol. The Morgan fingerprint density at radius 2 is 1.95 bits per heavy atom. The molecule has 0 aromatic carbocycles. The van der Waals surface area contributed by atoms with Gasteiger partial charge < -0.3 is 14.8 Å². The molecule has 20 heavy (non-hydrogen) atoms. The highest BCUT2D eigenvalue weighted by molar-refractivity contribution is 5.38. The normalized spacial score (nSPS) is 11.2. The summed E-state index contributed by atoms with van der Waals surface area (Å²) >= 11 is 0. The summed E-state index contributed by atoms with van der Waals surface area (Å²) < 4.78 is 11.1. The predicted molar refractivity (Wildman–Crippen MR) is 81.3 cm³/mol. The lowest BCUT2D eigenvalue weighted by Crippen LogP contribution is -2.11. The summed E-state index contributed by atoms with van der Waals surface area (Å²) in [6.45, 7) is 12.4. The number of rotatable bonds is 9. The first kappa shape index (κ1) is 16.7. The summed E-state index contributed by atoms with van der Waals surface area (Å²) in [7, 11) is 0. The Bertz CT molecular complexity index is 395. The van der Waals surface area contributed by atoms with Gasteiger partial charge in [-0.1, -0.05) is 13.8 Å². The van der Waals surface area contributed by atoms with Crippen LogP contribution in [0, 0.1) is 12.8 Å². The molecule has 0 bridgehead atoms. The number of aryl methyl sites for hydroxylation is 1. The van der Waals surface area contributed by atoms with Crippen molar-refractivity contribution in [3.63, 3.8) is 0 Å². The Morgan fingerprint density at radius 3 is 2.60 bits per heavy atom. The fourth-order valence-electron chi connectivity index (χ4n) is 1.56. The third-order valence-electron chi connectivity index (χ3n) is 2.46. The molecule has 1 rings (SSSR count). The predicted octanol–water partition coefficient (Wildman–Crippen LogP) is 3.05. The monoisotopic (exact) mass is 281 g/mol. The lowest BCUT2D eigenvalue weighted by Gasteiger charge is -2.11. The number of anilines is 1. The largest absolute Gasteiger partial charge is 0.477 e. The first-order valence-electron chi connectivity index (χ1n) is 7.31. The second-order valence-corrected chi connectivity index (χ2v) is 5.54. The van der Waals surface area contributed by atoms with Gasteiger partial charge in [0.25, 0.3) is 0 Å². The van der Waals surface area contributed by atoms with E-state index in [-0.39, 0.29) is 6.10 Å². The third kappa shape index (κ3) is 7.28. The Balaban J connectivity index is 2.41. The Hall–Kier alpha value is -1.36. The molecule has 0 spiro atoms. The van der Waals surface area contributed by atoms with Crippen molar-refractivity contribution in [1.82, 2.24) is 9.97 Å². The molecule has 0 saturated carbocycles. The van der Waals surface area contributed by atoms with Gasteiger partial charge in [0.05, 0.1) is 12.7 Å². The maximum Gasteiger partial charge on any atom is 0.218 e. The van der Waals surface area contributed by atoms with Gasteiger partial charge in [-0.15, -0.1) is 0 Å². The van der Waals surface area contributed by atoms with Gasteiger partial charge in [-0.05, 0) is 33.1 Å². The van der Waals surface area contributed by atoms with E-state index in [1.807, 2.05) is 26.8 Å². The van der Waals surface area contributed by atoms with Crippen LogP contribution < -0.4 is 10.1 Å². The van der Waals surface area contributed by atoms with Gasteiger partial charge in [0.2, 0.25) is 5.88 Å². The zero-order valence-electron chi connectivity index (χ0n) is 13.3. The molecule has 1 heterocycles. The molecule has 0 atom stereocenters. The molecule has 0 radical (unpaired) electrons. The van der Waals surface area contributed by atoms with Crippen LogP contribution in [0.3, 0.4) is 0 Å². The number of aromatic nitrogens is 2. The van der Waals surface area contributed by atoms with Crippen LogP contribution in [-0.2, 0) is 4.74 Å². The van der Waals surface area contributed by atoms with Gasteiger partial charge in [-0.3, -0.25) is 0 Å². The standard InChI is InChI=1S/C15H27N3O2/c1-11(2)10-20-15-9-14(17-13(5)18-15)16-7-6-8-19-12(3)4/h9,11-12H,6-8,10H2,1-5H3,(H,16,17,18). The van der Waals surface area contributed by atoms with E-state index in [4.69, 9.17) is 9.47 Å². The third-order valence-corrected chi connectivity index (χ3v) is 2.46. The van der Waals surface area contributed by atoms with E-state index in [9.17, 15) is 0 Å². The average Bonchev–Trinajstić information content (AvgIpc) is 2.35. The minimum Gasteiger partial charge on any atom is -0.477 e. The number of hydrogen-bond acceptors (Lipinski definition) is 5. The summed E-state index contributed by atoms with van der Waals surface area (Å²) in [4.78, 5) is 8.63. The van der Waals surface area contributed by atoms with Crippen LogP contribution in [0.15, 0.2) is 6.07 Å². The Morgan fingerprint density at radius 1 is 1.20 bits per heavy atom. The fraction of sp³-hybridized carbons (Fsp3) is 0.733.